The van der Waals surface area contributed by atoms with Crippen LogP contribution in [0.15, 0.2) is 28.7 Å². The first-order chi connectivity index (χ1) is 13.9. The summed E-state index contributed by atoms with van der Waals surface area (Å²) in [4.78, 5) is 39.1. The Balaban J connectivity index is 2.08. The first kappa shape index (κ1) is 21.9. The zero-order valence-corrected chi connectivity index (χ0v) is 16.1. The quantitative estimate of drug-likeness (QED) is 0.178. The van der Waals surface area contributed by atoms with E-state index < -0.39 is 17.9 Å². The van der Waals surface area contributed by atoms with E-state index in [1.807, 2.05) is 0 Å². The largest absolute Gasteiger partial charge is 0.507 e. The Labute approximate surface area is 167 Å². The number of benzene rings is 1. The number of aromatic nitrogens is 1. The summed E-state index contributed by atoms with van der Waals surface area (Å²) in [6.07, 6.45) is 1.41. The number of carbonyl (C=O) groups excluding carboxylic acids is 3. The fraction of sp³-hybridized carbons (Fsp3) is 0.368. The van der Waals surface area contributed by atoms with Crippen molar-refractivity contribution in [1.82, 2.24) is 15.4 Å². The summed E-state index contributed by atoms with van der Waals surface area (Å²) in [5, 5.41) is 22.1. The number of carbonyl (C=O) groups is 3. The molecule has 10 heteroatoms. The number of phenols is 1. The topological polar surface area (TPSA) is 142 Å². The van der Waals surface area contributed by atoms with Gasteiger partial charge in [0.05, 0.1) is 12.7 Å². The van der Waals surface area contributed by atoms with E-state index in [0.717, 1.165) is 0 Å². The van der Waals surface area contributed by atoms with Gasteiger partial charge in [-0.15, -0.1) is 0 Å². The number of hydrogen-bond acceptors (Lipinski definition) is 8. The number of ether oxygens (including phenoxy) is 1. The summed E-state index contributed by atoms with van der Waals surface area (Å²) >= 11 is 0. The maximum atomic E-state index is 12.6. The number of aryl methyl sites for hydroxylation is 1. The van der Waals surface area contributed by atoms with Crippen molar-refractivity contribution in [3.05, 3.63) is 35.7 Å². The zero-order valence-electron chi connectivity index (χ0n) is 16.1. The molecule has 29 heavy (non-hydrogen) atoms. The second-order valence-corrected chi connectivity index (χ2v) is 6.25. The lowest BCUT2D eigenvalue weighted by atomic mass is 10.1. The van der Waals surface area contributed by atoms with E-state index in [4.69, 9.17) is 14.4 Å². The molecule has 0 saturated heterocycles. The molecule has 2 aromatic rings. The van der Waals surface area contributed by atoms with Gasteiger partial charge in [0.2, 0.25) is 12.3 Å². The van der Waals surface area contributed by atoms with Gasteiger partial charge in [0.1, 0.15) is 17.6 Å². The van der Waals surface area contributed by atoms with Crippen LogP contribution in [0.2, 0.25) is 0 Å². The Bertz CT molecular complexity index is 865. The molecule has 10 nitrogen and oxygen atoms in total. The molecule has 0 fully saturated rings. The number of oxazole rings is 1. The Morgan fingerprint density at radius 3 is 2.72 bits per heavy atom. The second-order valence-electron chi connectivity index (χ2n) is 6.25. The van der Waals surface area contributed by atoms with Crippen molar-refractivity contribution in [3.8, 4) is 17.2 Å². The number of para-hydroxylation sites is 1. The van der Waals surface area contributed by atoms with Crippen molar-refractivity contribution in [2.45, 2.75) is 32.2 Å². The number of phenolic OH excluding ortho intramolecular Hbond substituents is 1. The van der Waals surface area contributed by atoms with Gasteiger partial charge in [-0.2, -0.15) is 0 Å². The molecule has 1 aromatic heterocycles. The molecular formula is C19H23N3O7. The van der Waals surface area contributed by atoms with E-state index in [1.54, 1.807) is 25.1 Å². The summed E-state index contributed by atoms with van der Waals surface area (Å²) in [6, 6.07) is 5.48. The Morgan fingerprint density at radius 1 is 1.34 bits per heavy atom. The molecule has 1 atom stereocenters. The van der Waals surface area contributed by atoms with E-state index >= 15 is 0 Å². The highest BCUT2D eigenvalue weighted by Gasteiger charge is 2.26. The minimum atomic E-state index is -0.930. The molecule has 0 aliphatic carbocycles. The van der Waals surface area contributed by atoms with Crippen LogP contribution in [0, 0.1) is 6.92 Å². The van der Waals surface area contributed by atoms with Gasteiger partial charge in [0.25, 0.3) is 5.91 Å². The van der Waals surface area contributed by atoms with E-state index in [9.17, 15) is 19.5 Å². The summed E-state index contributed by atoms with van der Waals surface area (Å²) in [5.74, 6) is -0.985. The lowest BCUT2D eigenvalue weighted by molar-refractivity contribution is -0.150. The maximum absolute atomic E-state index is 12.6. The van der Waals surface area contributed by atoms with Crippen LogP contribution in [0.5, 0.6) is 5.75 Å². The van der Waals surface area contributed by atoms with Crippen LogP contribution >= 0.6 is 0 Å². The monoisotopic (exact) mass is 405 g/mol. The molecular weight excluding hydrogens is 382 g/mol. The fourth-order valence-corrected chi connectivity index (χ4v) is 2.67. The van der Waals surface area contributed by atoms with Gasteiger partial charge in [0, 0.05) is 6.54 Å². The van der Waals surface area contributed by atoms with Crippen LogP contribution in [0.25, 0.3) is 11.5 Å². The van der Waals surface area contributed by atoms with Gasteiger partial charge in [-0.05, 0) is 38.3 Å². The predicted molar refractivity (Wildman–Crippen MR) is 100 cm³/mol. The number of aromatic hydroxyl groups is 1. The molecule has 1 aromatic carbocycles. The minimum absolute atomic E-state index is 0.0142. The lowest BCUT2D eigenvalue weighted by Gasteiger charge is -2.16. The molecule has 0 radical (unpaired) electrons. The predicted octanol–water partition coefficient (Wildman–Crippen LogP) is 1.64. The normalized spacial score (nSPS) is 11.6. The third-order valence-electron chi connectivity index (χ3n) is 4.19. The first-order valence-corrected chi connectivity index (χ1v) is 8.92. The van der Waals surface area contributed by atoms with Crippen LogP contribution in [0.1, 0.15) is 35.5 Å². The smallest absolute Gasteiger partial charge is 0.328 e. The van der Waals surface area contributed by atoms with Crippen LogP contribution in [-0.4, -0.2) is 58.3 Å². The standard InChI is InChI=1S/C19H23N3O7/c1-12-16(21-18(29-12)13-7-3-4-9-15(13)24)17(25)20-14(19(26)28-2)8-5-6-10-22(27)11-23/h3-4,7,9,11,14,24,27H,5-6,8,10H2,1-2H3,(H,20,25)/t14-/m1/s1. The van der Waals surface area contributed by atoms with Gasteiger partial charge in [-0.1, -0.05) is 12.1 Å². The number of methoxy groups -OCH3 is 1. The molecule has 0 aliphatic rings. The highest BCUT2D eigenvalue weighted by atomic mass is 16.5. The van der Waals surface area contributed by atoms with Crippen LogP contribution in [0.3, 0.4) is 0 Å². The van der Waals surface area contributed by atoms with Crippen molar-refractivity contribution in [2.24, 2.45) is 0 Å². The summed E-state index contributed by atoms with van der Waals surface area (Å²) in [5.41, 5.74) is 0.322. The maximum Gasteiger partial charge on any atom is 0.328 e. The van der Waals surface area contributed by atoms with E-state index in [2.05, 4.69) is 10.3 Å². The van der Waals surface area contributed by atoms with Crippen LogP contribution in [0.4, 0.5) is 0 Å². The Kier molecular flexibility index (Phi) is 7.72. The van der Waals surface area contributed by atoms with E-state index in [0.29, 0.717) is 23.5 Å². The summed E-state index contributed by atoms with van der Waals surface area (Å²) in [7, 11) is 1.21. The fourth-order valence-electron chi connectivity index (χ4n) is 2.67. The van der Waals surface area contributed by atoms with Crippen molar-refractivity contribution in [1.29, 1.82) is 0 Å². The molecule has 3 N–H and O–H groups in total. The third-order valence-corrected chi connectivity index (χ3v) is 4.19. The number of unbranched alkanes of at least 4 members (excludes halogenated alkanes) is 1. The van der Waals surface area contributed by atoms with Crippen molar-refractivity contribution in [3.63, 3.8) is 0 Å². The number of amides is 2. The highest BCUT2D eigenvalue weighted by molar-refractivity contribution is 5.96. The van der Waals surface area contributed by atoms with Crippen LogP contribution in [-0.2, 0) is 14.3 Å². The van der Waals surface area contributed by atoms with Gasteiger partial charge in [-0.3, -0.25) is 14.8 Å². The molecule has 156 valence electrons. The molecule has 1 heterocycles. The van der Waals surface area contributed by atoms with E-state index in [-0.39, 0.29) is 42.5 Å². The van der Waals surface area contributed by atoms with Gasteiger partial charge < -0.3 is 19.6 Å². The first-order valence-electron chi connectivity index (χ1n) is 8.92. The van der Waals surface area contributed by atoms with Crippen molar-refractivity contribution >= 4 is 18.3 Å². The molecule has 0 bridgehead atoms. The number of hydroxylamine groups is 2. The summed E-state index contributed by atoms with van der Waals surface area (Å²) in [6.45, 7) is 1.66. The number of rotatable bonds is 10. The van der Waals surface area contributed by atoms with Crippen molar-refractivity contribution < 1.29 is 33.9 Å². The highest BCUT2D eigenvalue weighted by Crippen LogP contribution is 2.29. The zero-order chi connectivity index (χ0) is 21.4. The SMILES string of the molecule is COC(=O)[C@@H](CCCCN(O)C=O)NC(=O)c1nc(-c2ccccc2O)oc1C. The Morgan fingerprint density at radius 2 is 2.07 bits per heavy atom. The molecule has 2 amide bonds. The molecule has 0 aliphatic heterocycles. The van der Waals surface area contributed by atoms with Crippen LogP contribution < -0.4 is 5.32 Å². The number of esters is 1. The minimum Gasteiger partial charge on any atom is -0.507 e. The number of hydrogen-bond donors (Lipinski definition) is 3. The molecule has 0 spiro atoms. The Hall–Kier alpha value is -3.40. The lowest BCUT2D eigenvalue weighted by Crippen LogP contribution is -2.42. The molecule has 2 rings (SSSR count). The number of nitrogens with one attached hydrogen (secondary N) is 1. The van der Waals surface area contributed by atoms with Gasteiger partial charge >= 0.3 is 5.97 Å². The van der Waals surface area contributed by atoms with Crippen molar-refractivity contribution in [2.75, 3.05) is 13.7 Å². The average molecular weight is 405 g/mol. The molecule has 0 saturated carbocycles. The number of nitrogens with zero attached hydrogens (tertiary/aromatic N) is 2. The summed E-state index contributed by atoms with van der Waals surface area (Å²) < 4.78 is 10.2. The molecule has 0 unspecified atom stereocenters. The van der Waals surface area contributed by atoms with Gasteiger partial charge in [0.15, 0.2) is 5.69 Å². The third kappa shape index (κ3) is 5.79. The van der Waals surface area contributed by atoms with Gasteiger partial charge in [-0.25, -0.2) is 14.8 Å². The second kappa shape index (κ2) is 10.2. The average Bonchev–Trinajstić information content (AvgIpc) is 3.11. The van der Waals surface area contributed by atoms with E-state index in [1.165, 1.54) is 13.2 Å².